The predicted molar refractivity (Wildman–Crippen MR) is 82.3 cm³/mol. The van der Waals surface area contributed by atoms with Gasteiger partial charge in [-0.25, -0.2) is 4.39 Å². The molecule has 1 atom stereocenters. The van der Waals surface area contributed by atoms with E-state index in [1.165, 1.54) is 5.56 Å². The second-order valence-corrected chi connectivity index (χ2v) is 5.28. The lowest BCUT2D eigenvalue weighted by Crippen LogP contribution is -2.17. The second-order valence-electron chi connectivity index (χ2n) is 5.28. The van der Waals surface area contributed by atoms with Crippen LogP contribution in [-0.4, -0.2) is 7.05 Å². The van der Waals surface area contributed by atoms with Crippen molar-refractivity contribution >= 4 is 0 Å². The maximum absolute atomic E-state index is 13.5. The fourth-order valence-corrected chi connectivity index (χ4v) is 2.60. The van der Waals surface area contributed by atoms with Crippen LogP contribution in [0.25, 0.3) is 0 Å². The third-order valence-corrected chi connectivity index (χ3v) is 3.62. The first-order chi connectivity index (χ1) is 9.69. The van der Waals surface area contributed by atoms with Gasteiger partial charge in [0, 0.05) is 6.04 Å². The SMILES string of the molecule is CNC(CCCc1ccccc1)c1cc(C)cc(F)c1. The van der Waals surface area contributed by atoms with Crippen molar-refractivity contribution in [3.05, 3.63) is 71.0 Å². The molecule has 1 unspecified atom stereocenters. The van der Waals surface area contributed by atoms with Crippen molar-refractivity contribution < 1.29 is 4.39 Å². The number of rotatable bonds is 6. The van der Waals surface area contributed by atoms with Gasteiger partial charge in [-0.3, -0.25) is 0 Å². The van der Waals surface area contributed by atoms with Crippen molar-refractivity contribution in [3.63, 3.8) is 0 Å². The van der Waals surface area contributed by atoms with Gasteiger partial charge in [-0.2, -0.15) is 0 Å². The van der Waals surface area contributed by atoms with Gasteiger partial charge in [0.05, 0.1) is 0 Å². The molecule has 2 aromatic carbocycles. The van der Waals surface area contributed by atoms with Crippen molar-refractivity contribution in [2.75, 3.05) is 7.05 Å². The quantitative estimate of drug-likeness (QED) is 0.820. The molecule has 2 heteroatoms. The summed E-state index contributed by atoms with van der Waals surface area (Å²) in [5.41, 5.74) is 3.37. The first-order valence-corrected chi connectivity index (χ1v) is 7.17. The molecule has 0 radical (unpaired) electrons. The minimum atomic E-state index is -0.150. The lowest BCUT2D eigenvalue weighted by molar-refractivity contribution is 0.521. The zero-order chi connectivity index (χ0) is 14.4. The van der Waals surface area contributed by atoms with Gasteiger partial charge in [0.1, 0.15) is 5.82 Å². The molecule has 2 rings (SSSR count). The number of halogens is 1. The largest absolute Gasteiger partial charge is 0.313 e. The number of hydrogen-bond acceptors (Lipinski definition) is 1. The summed E-state index contributed by atoms with van der Waals surface area (Å²) in [5, 5.41) is 3.29. The molecular weight excluding hydrogens is 249 g/mol. The minimum absolute atomic E-state index is 0.150. The Morgan fingerprint density at radius 3 is 2.50 bits per heavy atom. The van der Waals surface area contributed by atoms with Gasteiger partial charge in [-0.1, -0.05) is 36.4 Å². The summed E-state index contributed by atoms with van der Waals surface area (Å²) in [6.45, 7) is 1.93. The van der Waals surface area contributed by atoms with Crippen LogP contribution in [-0.2, 0) is 6.42 Å². The Kier molecular flexibility index (Phi) is 5.31. The maximum Gasteiger partial charge on any atom is 0.123 e. The second kappa shape index (κ2) is 7.20. The molecular formula is C18H22FN. The van der Waals surface area contributed by atoms with Crippen LogP contribution < -0.4 is 5.32 Å². The first-order valence-electron chi connectivity index (χ1n) is 7.17. The van der Waals surface area contributed by atoms with Crippen molar-refractivity contribution in [1.82, 2.24) is 5.32 Å². The van der Waals surface area contributed by atoms with E-state index in [4.69, 9.17) is 0 Å². The molecule has 0 saturated carbocycles. The number of nitrogens with one attached hydrogen (secondary N) is 1. The van der Waals surface area contributed by atoms with Crippen molar-refractivity contribution in [3.8, 4) is 0 Å². The van der Waals surface area contributed by atoms with E-state index in [1.807, 2.05) is 20.0 Å². The van der Waals surface area contributed by atoms with E-state index < -0.39 is 0 Å². The Bertz CT molecular complexity index is 516. The van der Waals surface area contributed by atoms with Crippen LogP contribution >= 0.6 is 0 Å². The highest BCUT2D eigenvalue weighted by molar-refractivity contribution is 5.26. The van der Waals surface area contributed by atoms with E-state index in [0.717, 1.165) is 30.4 Å². The summed E-state index contributed by atoms with van der Waals surface area (Å²) in [7, 11) is 1.94. The molecule has 1 nitrogen and oxygen atoms in total. The van der Waals surface area contributed by atoms with Gasteiger partial charge in [-0.05, 0) is 62.1 Å². The van der Waals surface area contributed by atoms with Crippen LogP contribution in [0.4, 0.5) is 4.39 Å². The molecule has 0 aliphatic heterocycles. The lowest BCUT2D eigenvalue weighted by Gasteiger charge is -2.17. The van der Waals surface area contributed by atoms with Gasteiger partial charge in [-0.15, -0.1) is 0 Å². The summed E-state index contributed by atoms with van der Waals surface area (Å²) < 4.78 is 13.5. The normalized spacial score (nSPS) is 12.3. The Balaban J connectivity index is 1.95. The monoisotopic (exact) mass is 271 g/mol. The summed E-state index contributed by atoms with van der Waals surface area (Å²) in [6.07, 6.45) is 3.16. The van der Waals surface area contributed by atoms with Crippen LogP contribution in [0, 0.1) is 12.7 Å². The molecule has 0 aromatic heterocycles. The summed E-state index contributed by atoms with van der Waals surface area (Å²) in [6, 6.07) is 16.0. The highest BCUT2D eigenvalue weighted by Gasteiger charge is 2.10. The Hall–Kier alpha value is -1.67. The minimum Gasteiger partial charge on any atom is -0.313 e. The molecule has 106 valence electrons. The van der Waals surface area contributed by atoms with E-state index in [2.05, 4.69) is 35.6 Å². The van der Waals surface area contributed by atoms with Crippen LogP contribution in [0.3, 0.4) is 0 Å². The molecule has 0 heterocycles. The number of aryl methyl sites for hydroxylation is 2. The number of benzene rings is 2. The van der Waals surface area contributed by atoms with E-state index >= 15 is 0 Å². The van der Waals surface area contributed by atoms with E-state index in [0.29, 0.717) is 0 Å². The zero-order valence-electron chi connectivity index (χ0n) is 12.2. The average molecular weight is 271 g/mol. The van der Waals surface area contributed by atoms with Crippen LogP contribution in [0.1, 0.15) is 35.6 Å². The van der Waals surface area contributed by atoms with Crippen molar-refractivity contribution in [2.24, 2.45) is 0 Å². The molecule has 0 aliphatic carbocycles. The molecule has 0 amide bonds. The maximum atomic E-state index is 13.5. The van der Waals surface area contributed by atoms with E-state index in [1.54, 1.807) is 12.1 Å². The zero-order valence-corrected chi connectivity index (χ0v) is 12.2. The molecule has 1 N–H and O–H groups in total. The van der Waals surface area contributed by atoms with Crippen LogP contribution in [0.5, 0.6) is 0 Å². The molecule has 0 fully saturated rings. The predicted octanol–water partition coefficient (Wildman–Crippen LogP) is 4.42. The summed E-state index contributed by atoms with van der Waals surface area (Å²) >= 11 is 0. The molecule has 0 bridgehead atoms. The third-order valence-electron chi connectivity index (χ3n) is 3.62. The topological polar surface area (TPSA) is 12.0 Å². The van der Waals surface area contributed by atoms with E-state index in [9.17, 15) is 4.39 Å². The molecule has 0 aliphatic rings. The molecule has 2 aromatic rings. The van der Waals surface area contributed by atoms with E-state index in [-0.39, 0.29) is 11.9 Å². The fourth-order valence-electron chi connectivity index (χ4n) is 2.60. The highest BCUT2D eigenvalue weighted by atomic mass is 19.1. The van der Waals surface area contributed by atoms with Crippen LogP contribution in [0.2, 0.25) is 0 Å². The Morgan fingerprint density at radius 1 is 1.10 bits per heavy atom. The van der Waals surface area contributed by atoms with Gasteiger partial charge >= 0.3 is 0 Å². The smallest absolute Gasteiger partial charge is 0.123 e. The van der Waals surface area contributed by atoms with Crippen LogP contribution in [0.15, 0.2) is 48.5 Å². The highest BCUT2D eigenvalue weighted by Crippen LogP contribution is 2.21. The molecule has 20 heavy (non-hydrogen) atoms. The third kappa shape index (κ3) is 4.17. The van der Waals surface area contributed by atoms with Crippen molar-refractivity contribution in [2.45, 2.75) is 32.2 Å². The standard InChI is InChI=1S/C18H22FN/c1-14-11-16(13-17(19)12-14)18(20-2)10-6-9-15-7-4-3-5-8-15/h3-5,7-8,11-13,18,20H,6,9-10H2,1-2H3. The van der Waals surface area contributed by atoms with Gasteiger partial charge < -0.3 is 5.32 Å². The van der Waals surface area contributed by atoms with Crippen molar-refractivity contribution in [1.29, 1.82) is 0 Å². The average Bonchev–Trinajstić information content (AvgIpc) is 2.43. The van der Waals surface area contributed by atoms with Gasteiger partial charge in [0.2, 0.25) is 0 Å². The fraction of sp³-hybridized carbons (Fsp3) is 0.333. The molecule has 0 saturated heterocycles. The van der Waals surface area contributed by atoms with Gasteiger partial charge in [0.15, 0.2) is 0 Å². The first kappa shape index (κ1) is 14.7. The lowest BCUT2D eigenvalue weighted by atomic mass is 9.98. The Morgan fingerprint density at radius 2 is 1.85 bits per heavy atom. The number of hydrogen-bond donors (Lipinski definition) is 1. The Labute approximate surface area is 120 Å². The van der Waals surface area contributed by atoms with Gasteiger partial charge in [0.25, 0.3) is 0 Å². The summed E-state index contributed by atoms with van der Waals surface area (Å²) in [5.74, 6) is -0.150. The molecule has 0 spiro atoms. The summed E-state index contributed by atoms with van der Waals surface area (Å²) in [4.78, 5) is 0.